The van der Waals surface area contributed by atoms with Gasteiger partial charge in [0.2, 0.25) is 0 Å². The first-order chi connectivity index (χ1) is 13.2. The second-order valence-electron chi connectivity index (χ2n) is 5.86. The van der Waals surface area contributed by atoms with Crippen LogP contribution in [0.5, 0.6) is 0 Å². The minimum absolute atomic E-state index is 0.226. The maximum atomic E-state index is 12.9. The van der Waals surface area contributed by atoms with Crippen molar-refractivity contribution in [3.05, 3.63) is 102 Å². The van der Waals surface area contributed by atoms with E-state index in [1.165, 1.54) is 7.11 Å². The zero-order chi connectivity index (χ0) is 19.1. The van der Waals surface area contributed by atoms with Gasteiger partial charge in [0, 0.05) is 11.3 Å². The molecule has 3 rings (SSSR count). The molecule has 0 bridgehead atoms. The number of anilines is 1. The molecular weight excluding hydrogens is 338 g/mol. The van der Waals surface area contributed by atoms with Gasteiger partial charge >= 0.3 is 5.97 Å². The van der Waals surface area contributed by atoms with Crippen molar-refractivity contribution in [2.75, 3.05) is 12.4 Å². The summed E-state index contributed by atoms with van der Waals surface area (Å²) in [5.41, 5.74) is 3.34. The number of hydrogen-bond donors (Lipinski definition) is 1. The highest BCUT2D eigenvalue weighted by atomic mass is 16.5. The van der Waals surface area contributed by atoms with E-state index in [-0.39, 0.29) is 5.91 Å². The number of rotatable bonds is 5. The van der Waals surface area contributed by atoms with E-state index in [0.29, 0.717) is 16.8 Å². The van der Waals surface area contributed by atoms with Crippen molar-refractivity contribution in [2.45, 2.75) is 0 Å². The fraction of sp³-hybridized carbons (Fsp3) is 0.0435. The van der Waals surface area contributed by atoms with Gasteiger partial charge in [-0.05, 0) is 41.5 Å². The molecule has 27 heavy (non-hydrogen) atoms. The summed E-state index contributed by atoms with van der Waals surface area (Å²) in [7, 11) is 1.33. The molecule has 1 N–H and O–H groups in total. The third kappa shape index (κ3) is 4.70. The van der Waals surface area contributed by atoms with Gasteiger partial charge in [-0.15, -0.1) is 0 Å². The highest BCUT2D eigenvalue weighted by Gasteiger charge is 2.13. The van der Waals surface area contributed by atoms with Gasteiger partial charge in [-0.1, -0.05) is 60.7 Å². The second-order valence-corrected chi connectivity index (χ2v) is 5.86. The molecule has 0 aliphatic carbocycles. The summed E-state index contributed by atoms with van der Waals surface area (Å²) in [6, 6.07) is 25.8. The van der Waals surface area contributed by atoms with Gasteiger partial charge in [0.15, 0.2) is 0 Å². The zero-order valence-electron chi connectivity index (χ0n) is 14.9. The van der Waals surface area contributed by atoms with Crippen LogP contribution in [-0.2, 0) is 9.53 Å². The van der Waals surface area contributed by atoms with Gasteiger partial charge in [-0.2, -0.15) is 0 Å². The average molecular weight is 357 g/mol. The molecule has 0 radical (unpaired) electrons. The smallest absolute Gasteiger partial charge is 0.337 e. The SMILES string of the molecule is COC(=O)c1ccc(NC(=O)/C(=C\c2ccccc2)c2ccccc2)cc1. The number of esters is 1. The van der Waals surface area contributed by atoms with E-state index in [1.807, 2.05) is 66.7 Å². The molecule has 0 spiro atoms. The van der Waals surface area contributed by atoms with Gasteiger partial charge in [-0.3, -0.25) is 4.79 Å². The van der Waals surface area contributed by atoms with E-state index < -0.39 is 5.97 Å². The topological polar surface area (TPSA) is 55.4 Å². The Labute approximate surface area is 158 Å². The van der Waals surface area contributed by atoms with Crippen LogP contribution in [0.4, 0.5) is 5.69 Å². The molecule has 0 saturated heterocycles. The number of hydrogen-bond acceptors (Lipinski definition) is 3. The number of nitrogens with one attached hydrogen (secondary N) is 1. The molecule has 0 heterocycles. The van der Waals surface area contributed by atoms with E-state index in [4.69, 9.17) is 0 Å². The standard InChI is InChI=1S/C23H19NO3/c1-27-23(26)19-12-14-20(15-13-19)24-22(25)21(18-10-6-3-7-11-18)16-17-8-4-2-5-9-17/h2-16H,1H3,(H,24,25)/b21-16-. The summed E-state index contributed by atoms with van der Waals surface area (Å²) in [6.45, 7) is 0. The summed E-state index contributed by atoms with van der Waals surface area (Å²) < 4.78 is 4.68. The Morgan fingerprint density at radius 1 is 0.778 bits per heavy atom. The van der Waals surface area contributed by atoms with Crippen LogP contribution >= 0.6 is 0 Å². The predicted octanol–water partition coefficient (Wildman–Crippen LogP) is 4.65. The third-order valence-electron chi connectivity index (χ3n) is 4.00. The number of methoxy groups -OCH3 is 1. The highest BCUT2D eigenvalue weighted by Crippen LogP contribution is 2.21. The third-order valence-corrected chi connectivity index (χ3v) is 4.00. The Morgan fingerprint density at radius 2 is 1.37 bits per heavy atom. The molecule has 0 fully saturated rings. The van der Waals surface area contributed by atoms with Crippen LogP contribution in [0.25, 0.3) is 11.6 Å². The van der Waals surface area contributed by atoms with Crippen LogP contribution in [-0.4, -0.2) is 19.0 Å². The molecule has 134 valence electrons. The Bertz CT molecular complexity index is 946. The Balaban J connectivity index is 1.87. The molecular formula is C23H19NO3. The molecule has 0 aromatic heterocycles. The highest BCUT2D eigenvalue weighted by molar-refractivity contribution is 6.29. The molecule has 0 saturated carbocycles. The number of benzene rings is 3. The van der Waals surface area contributed by atoms with Crippen LogP contribution in [0.3, 0.4) is 0 Å². The molecule has 0 unspecified atom stereocenters. The lowest BCUT2D eigenvalue weighted by atomic mass is 10.0. The summed E-state index contributed by atoms with van der Waals surface area (Å²) in [6.07, 6.45) is 1.85. The first-order valence-electron chi connectivity index (χ1n) is 8.49. The molecule has 4 heteroatoms. The first kappa shape index (κ1) is 18.1. The van der Waals surface area contributed by atoms with Crippen LogP contribution < -0.4 is 5.32 Å². The zero-order valence-corrected chi connectivity index (χ0v) is 14.9. The first-order valence-corrected chi connectivity index (χ1v) is 8.49. The maximum Gasteiger partial charge on any atom is 0.337 e. The second kappa shape index (κ2) is 8.63. The maximum absolute atomic E-state index is 12.9. The monoisotopic (exact) mass is 357 g/mol. The van der Waals surface area contributed by atoms with Crippen molar-refractivity contribution < 1.29 is 14.3 Å². The van der Waals surface area contributed by atoms with Crippen LogP contribution in [0, 0.1) is 0 Å². The minimum Gasteiger partial charge on any atom is -0.465 e. The molecule has 0 aliphatic rings. The van der Waals surface area contributed by atoms with Crippen LogP contribution in [0.2, 0.25) is 0 Å². The Morgan fingerprint density at radius 3 is 1.96 bits per heavy atom. The molecule has 3 aromatic rings. The van der Waals surface area contributed by atoms with E-state index in [1.54, 1.807) is 24.3 Å². The summed E-state index contributed by atoms with van der Waals surface area (Å²) in [4.78, 5) is 24.4. The fourth-order valence-electron chi connectivity index (χ4n) is 2.62. The van der Waals surface area contributed by atoms with Crippen LogP contribution in [0.1, 0.15) is 21.5 Å². The van der Waals surface area contributed by atoms with E-state index in [2.05, 4.69) is 10.1 Å². The number of ether oxygens (including phenoxy) is 1. The van der Waals surface area contributed by atoms with Crippen molar-refractivity contribution in [1.29, 1.82) is 0 Å². The van der Waals surface area contributed by atoms with Crippen molar-refractivity contribution in [3.8, 4) is 0 Å². The van der Waals surface area contributed by atoms with Crippen molar-refractivity contribution in [1.82, 2.24) is 0 Å². The van der Waals surface area contributed by atoms with Gasteiger partial charge in [0.1, 0.15) is 0 Å². The predicted molar refractivity (Wildman–Crippen MR) is 107 cm³/mol. The van der Waals surface area contributed by atoms with E-state index in [0.717, 1.165) is 11.1 Å². The molecule has 1 amide bonds. The quantitative estimate of drug-likeness (QED) is 0.411. The van der Waals surface area contributed by atoms with Gasteiger partial charge < -0.3 is 10.1 Å². The van der Waals surface area contributed by atoms with E-state index in [9.17, 15) is 9.59 Å². The summed E-state index contributed by atoms with van der Waals surface area (Å²) in [5.74, 6) is -0.641. The molecule has 0 aliphatic heterocycles. The minimum atomic E-state index is -0.415. The lowest BCUT2D eigenvalue weighted by Crippen LogP contribution is -2.14. The number of carbonyl (C=O) groups excluding carboxylic acids is 2. The lowest BCUT2D eigenvalue weighted by molar-refractivity contribution is -0.111. The lowest BCUT2D eigenvalue weighted by Gasteiger charge is -2.10. The van der Waals surface area contributed by atoms with Crippen molar-refractivity contribution >= 4 is 29.2 Å². The van der Waals surface area contributed by atoms with Gasteiger partial charge in [0.25, 0.3) is 5.91 Å². The molecule has 3 aromatic carbocycles. The Hall–Kier alpha value is -3.66. The largest absolute Gasteiger partial charge is 0.465 e. The summed E-state index contributed by atoms with van der Waals surface area (Å²) in [5, 5.41) is 2.89. The Kier molecular flexibility index (Phi) is 5.80. The molecule has 0 atom stereocenters. The van der Waals surface area contributed by atoms with E-state index >= 15 is 0 Å². The average Bonchev–Trinajstić information content (AvgIpc) is 2.73. The number of carbonyl (C=O) groups is 2. The number of amides is 1. The van der Waals surface area contributed by atoms with Gasteiger partial charge in [-0.25, -0.2) is 4.79 Å². The molecule has 4 nitrogen and oxygen atoms in total. The summed E-state index contributed by atoms with van der Waals surface area (Å²) >= 11 is 0. The van der Waals surface area contributed by atoms with Crippen molar-refractivity contribution in [3.63, 3.8) is 0 Å². The van der Waals surface area contributed by atoms with Crippen molar-refractivity contribution in [2.24, 2.45) is 0 Å². The van der Waals surface area contributed by atoms with Gasteiger partial charge in [0.05, 0.1) is 12.7 Å². The normalized spacial score (nSPS) is 10.9. The fourth-order valence-corrected chi connectivity index (χ4v) is 2.62. The van der Waals surface area contributed by atoms with Crippen LogP contribution in [0.15, 0.2) is 84.9 Å².